The lowest BCUT2D eigenvalue weighted by Crippen LogP contribution is -2.25. The highest BCUT2D eigenvalue weighted by Crippen LogP contribution is 2.20. The van der Waals surface area contributed by atoms with Crippen molar-refractivity contribution in [2.24, 2.45) is 0 Å². The highest BCUT2D eigenvalue weighted by atomic mass is 16.5. The molecule has 0 aliphatic carbocycles. The number of para-hydroxylation sites is 1. The Labute approximate surface area is 115 Å². The van der Waals surface area contributed by atoms with Crippen LogP contribution in [0.4, 0.5) is 0 Å². The topological polar surface area (TPSA) is 67.4 Å². The monoisotopic (exact) mass is 270 g/mol. The number of fused-ring (bicyclic) bond motifs is 1. The van der Waals surface area contributed by atoms with Crippen LogP contribution < -0.4 is 5.32 Å². The fraction of sp³-hybridized carbons (Fsp3) is 0.133. The molecule has 2 N–H and O–H groups in total. The molecule has 102 valence electrons. The van der Waals surface area contributed by atoms with E-state index in [1.165, 1.54) is 6.26 Å². The Balaban J connectivity index is 1.67. The maximum absolute atomic E-state index is 11.7. The zero-order valence-electron chi connectivity index (χ0n) is 10.7. The van der Waals surface area contributed by atoms with Crippen molar-refractivity contribution in [3.8, 4) is 0 Å². The number of furan rings is 1. The molecule has 1 aromatic carbocycles. The van der Waals surface area contributed by atoms with E-state index in [9.17, 15) is 10.0 Å². The summed E-state index contributed by atoms with van der Waals surface area (Å²) in [6.07, 6.45) is 3.78. The molecule has 20 heavy (non-hydrogen) atoms. The summed E-state index contributed by atoms with van der Waals surface area (Å²) >= 11 is 0. The number of nitrogens with one attached hydrogen (secondary N) is 1. The second kappa shape index (κ2) is 5.13. The minimum atomic E-state index is -0.234. The van der Waals surface area contributed by atoms with Gasteiger partial charge in [0, 0.05) is 18.1 Å². The van der Waals surface area contributed by atoms with Crippen LogP contribution in [0, 0.1) is 0 Å². The molecule has 0 aliphatic rings. The Morgan fingerprint density at radius 2 is 2.10 bits per heavy atom. The van der Waals surface area contributed by atoms with E-state index in [1.807, 2.05) is 24.3 Å². The number of carbonyl (C=O) groups excluding carboxylic acids is 1. The SMILES string of the molecule is O=C(NCCc1cn(O)c2ccccc12)c1ccco1. The molecular weight excluding hydrogens is 256 g/mol. The van der Waals surface area contributed by atoms with Gasteiger partial charge in [0.25, 0.3) is 5.91 Å². The van der Waals surface area contributed by atoms with Crippen molar-refractivity contribution >= 4 is 16.8 Å². The van der Waals surface area contributed by atoms with Crippen LogP contribution in [0.1, 0.15) is 16.1 Å². The smallest absolute Gasteiger partial charge is 0.286 e. The molecule has 0 fully saturated rings. The second-order valence-electron chi connectivity index (χ2n) is 4.50. The minimum Gasteiger partial charge on any atom is -0.459 e. The van der Waals surface area contributed by atoms with E-state index in [-0.39, 0.29) is 5.91 Å². The third kappa shape index (κ3) is 2.25. The first-order valence-corrected chi connectivity index (χ1v) is 6.35. The van der Waals surface area contributed by atoms with E-state index in [4.69, 9.17) is 4.42 Å². The number of amides is 1. The van der Waals surface area contributed by atoms with Gasteiger partial charge in [0.15, 0.2) is 5.76 Å². The predicted molar refractivity (Wildman–Crippen MR) is 73.9 cm³/mol. The third-order valence-electron chi connectivity index (χ3n) is 3.20. The normalized spacial score (nSPS) is 10.8. The van der Waals surface area contributed by atoms with Gasteiger partial charge >= 0.3 is 0 Å². The van der Waals surface area contributed by atoms with Gasteiger partial charge in [-0.3, -0.25) is 4.79 Å². The predicted octanol–water partition coefficient (Wildman–Crippen LogP) is 2.44. The summed E-state index contributed by atoms with van der Waals surface area (Å²) < 4.78 is 6.13. The van der Waals surface area contributed by atoms with E-state index in [2.05, 4.69) is 5.32 Å². The van der Waals surface area contributed by atoms with Gasteiger partial charge in [-0.1, -0.05) is 18.2 Å². The fourth-order valence-electron chi connectivity index (χ4n) is 2.24. The maximum Gasteiger partial charge on any atom is 0.286 e. The van der Waals surface area contributed by atoms with E-state index < -0.39 is 0 Å². The standard InChI is InChI=1S/C15H14N2O3/c18-15(14-6-3-9-20-14)16-8-7-11-10-17(19)13-5-2-1-4-12(11)13/h1-6,9-10,19H,7-8H2,(H,16,18). The average molecular weight is 270 g/mol. The van der Waals surface area contributed by atoms with Gasteiger partial charge < -0.3 is 14.9 Å². The van der Waals surface area contributed by atoms with Crippen molar-refractivity contribution in [1.29, 1.82) is 0 Å². The second-order valence-corrected chi connectivity index (χ2v) is 4.50. The van der Waals surface area contributed by atoms with Crippen LogP contribution in [0.3, 0.4) is 0 Å². The van der Waals surface area contributed by atoms with Crippen LogP contribution in [-0.2, 0) is 6.42 Å². The van der Waals surface area contributed by atoms with Gasteiger partial charge in [-0.15, -0.1) is 0 Å². The molecule has 5 nitrogen and oxygen atoms in total. The molecule has 2 aromatic heterocycles. The summed E-state index contributed by atoms with van der Waals surface area (Å²) in [6, 6.07) is 10.9. The molecule has 3 aromatic rings. The molecular formula is C15H14N2O3. The molecule has 5 heteroatoms. The van der Waals surface area contributed by atoms with E-state index in [1.54, 1.807) is 18.3 Å². The molecule has 3 rings (SSSR count). The van der Waals surface area contributed by atoms with Crippen molar-refractivity contribution < 1.29 is 14.4 Å². The first-order chi connectivity index (χ1) is 9.75. The number of hydrogen-bond acceptors (Lipinski definition) is 3. The zero-order valence-corrected chi connectivity index (χ0v) is 10.7. The van der Waals surface area contributed by atoms with E-state index >= 15 is 0 Å². The first kappa shape index (κ1) is 12.3. The fourth-order valence-corrected chi connectivity index (χ4v) is 2.24. The van der Waals surface area contributed by atoms with Crippen LogP contribution in [0.2, 0.25) is 0 Å². The van der Waals surface area contributed by atoms with Crippen molar-refractivity contribution in [1.82, 2.24) is 10.0 Å². The molecule has 1 amide bonds. The van der Waals surface area contributed by atoms with Gasteiger partial charge in [0.2, 0.25) is 0 Å². The minimum absolute atomic E-state index is 0.234. The number of hydrogen-bond donors (Lipinski definition) is 2. The molecule has 0 aliphatic heterocycles. The van der Waals surface area contributed by atoms with Gasteiger partial charge in [-0.2, -0.15) is 4.73 Å². The summed E-state index contributed by atoms with van der Waals surface area (Å²) in [5.74, 6) is 0.0670. The maximum atomic E-state index is 11.7. The summed E-state index contributed by atoms with van der Waals surface area (Å²) in [5, 5.41) is 13.5. The first-order valence-electron chi connectivity index (χ1n) is 6.35. The van der Waals surface area contributed by atoms with Gasteiger partial charge in [0.05, 0.1) is 11.8 Å². The lowest BCUT2D eigenvalue weighted by atomic mass is 10.1. The van der Waals surface area contributed by atoms with Crippen LogP contribution >= 0.6 is 0 Å². The van der Waals surface area contributed by atoms with Crippen LogP contribution in [0.25, 0.3) is 10.9 Å². The highest BCUT2D eigenvalue weighted by Gasteiger charge is 2.10. The van der Waals surface area contributed by atoms with Crippen molar-refractivity contribution in [3.05, 3.63) is 60.2 Å². The van der Waals surface area contributed by atoms with Gasteiger partial charge in [-0.05, 0) is 30.2 Å². The molecule has 0 unspecified atom stereocenters. The summed E-state index contributed by atoms with van der Waals surface area (Å²) in [6.45, 7) is 0.480. The molecule has 0 radical (unpaired) electrons. The Kier molecular flexibility index (Phi) is 3.16. The van der Waals surface area contributed by atoms with Gasteiger partial charge in [-0.25, -0.2) is 0 Å². The molecule has 0 saturated carbocycles. The van der Waals surface area contributed by atoms with Gasteiger partial charge in [0.1, 0.15) is 0 Å². The lowest BCUT2D eigenvalue weighted by molar-refractivity contribution is 0.0926. The Bertz CT molecular complexity index is 729. The average Bonchev–Trinajstić information content (AvgIpc) is 3.09. The van der Waals surface area contributed by atoms with E-state index in [0.29, 0.717) is 18.7 Å². The van der Waals surface area contributed by atoms with Crippen molar-refractivity contribution in [2.75, 3.05) is 6.54 Å². The largest absolute Gasteiger partial charge is 0.459 e. The van der Waals surface area contributed by atoms with Crippen LogP contribution in [0.5, 0.6) is 0 Å². The lowest BCUT2D eigenvalue weighted by Gasteiger charge is -2.02. The Hall–Kier alpha value is -2.69. The third-order valence-corrected chi connectivity index (χ3v) is 3.20. The zero-order chi connectivity index (χ0) is 13.9. The van der Waals surface area contributed by atoms with Crippen LogP contribution in [0.15, 0.2) is 53.3 Å². The summed E-state index contributed by atoms with van der Waals surface area (Å²) in [7, 11) is 0. The van der Waals surface area contributed by atoms with Crippen molar-refractivity contribution in [3.63, 3.8) is 0 Å². The molecule has 0 atom stereocenters. The van der Waals surface area contributed by atoms with Crippen molar-refractivity contribution in [2.45, 2.75) is 6.42 Å². The number of aromatic nitrogens is 1. The number of carbonyl (C=O) groups is 1. The van der Waals surface area contributed by atoms with E-state index in [0.717, 1.165) is 21.2 Å². The Morgan fingerprint density at radius 1 is 1.25 bits per heavy atom. The number of benzene rings is 1. The summed E-state index contributed by atoms with van der Waals surface area (Å²) in [5.41, 5.74) is 1.75. The van der Waals surface area contributed by atoms with Crippen LogP contribution in [-0.4, -0.2) is 22.4 Å². The quantitative estimate of drug-likeness (QED) is 0.715. The number of rotatable bonds is 4. The number of nitrogens with zero attached hydrogens (tertiary/aromatic N) is 1. The highest BCUT2D eigenvalue weighted by molar-refractivity contribution is 5.91. The molecule has 0 spiro atoms. The molecule has 0 saturated heterocycles. The Morgan fingerprint density at radius 3 is 2.90 bits per heavy atom. The molecule has 2 heterocycles. The molecule has 0 bridgehead atoms. The summed E-state index contributed by atoms with van der Waals surface area (Å²) in [4.78, 5) is 11.7.